The SMILES string of the molecule is C[C@@H](NC(=O)c1cc(-c2ccccc2)nn1C)c1ccc(N2C(=O)CC[C@H]2C(=O)O)cc1. The van der Waals surface area contributed by atoms with E-state index in [1.165, 1.54) is 4.90 Å². The van der Waals surface area contributed by atoms with Gasteiger partial charge in [0.05, 0.1) is 11.7 Å². The van der Waals surface area contributed by atoms with E-state index in [4.69, 9.17) is 0 Å². The number of carbonyl (C=O) groups is 3. The average molecular weight is 432 g/mol. The van der Waals surface area contributed by atoms with Gasteiger partial charge in [-0.15, -0.1) is 0 Å². The zero-order chi connectivity index (χ0) is 22.8. The molecule has 3 aromatic rings. The Morgan fingerprint density at radius 3 is 2.47 bits per heavy atom. The van der Waals surface area contributed by atoms with E-state index in [1.54, 1.807) is 42.1 Å². The number of anilines is 1. The van der Waals surface area contributed by atoms with Gasteiger partial charge in [0.2, 0.25) is 5.91 Å². The van der Waals surface area contributed by atoms with Crippen molar-refractivity contribution in [3.63, 3.8) is 0 Å². The van der Waals surface area contributed by atoms with Crippen molar-refractivity contribution < 1.29 is 19.5 Å². The molecule has 8 nitrogen and oxygen atoms in total. The molecule has 0 unspecified atom stereocenters. The molecule has 4 rings (SSSR count). The Bertz CT molecular complexity index is 1150. The third kappa shape index (κ3) is 4.12. The van der Waals surface area contributed by atoms with E-state index in [-0.39, 0.29) is 24.3 Å². The third-order valence-corrected chi connectivity index (χ3v) is 5.70. The number of rotatable bonds is 6. The molecular formula is C24H24N4O4. The average Bonchev–Trinajstić information content (AvgIpc) is 3.37. The molecule has 8 heteroatoms. The Balaban J connectivity index is 1.47. The normalized spacial score (nSPS) is 16.8. The van der Waals surface area contributed by atoms with Gasteiger partial charge in [-0.1, -0.05) is 42.5 Å². The number of hydrogen-bond donors (Lipinski definition) is 2. The Labute approximate surface area is 185 Å². The number of nitrogens with zero attached hydrogens (tertiary/aromatic N) is 3. The lowest BCUT2D eigenvalue weighted by molar-refractivity contribution is -0.138. The van der Waals surface area contributed by atoms with Gasteiger partial charge in [0, 0.05) is 24.7 Å². The van der Waals surface area contributed by atoms with Crippen molar-refractivity contribution in [2.45, 2.75) is 31.8 Å². The first-order valence-electron chi connectivity index (χ1n) is 10.4. The minimum atomic E-state index is -1.01. The second kappa shape index (κ2) is 8.66. The van der Waals surface area contributed by atoms with E-state index < -0.39 is 12.0 Å². The molecule has 2 aromatic carbocycles. The predicted octanol–water partition coefficient (Wildman–Crippen LogP) is 3.16. The second-order valence-electron chi connectivity index (χ2n) is 7.85. The van der Waals surface area contributed by atoms with Crippen molar-refractivity contribution in [1.29, 1.82) is 0 Å². The lowest BCUT2D eigenvalue weighted by Gasteiger charge is -2.22. The fraction of sp³-hybridized carbons (Fsp3) is 0.250. The van der Waals surface area contributed by atoms with Crippen molar-refractivity contribution in [3.8, 4) is 11.3 Å². The molecule has 1 aliphatic rings. The molecule has 0 saturated carbocycles. The summed E-state index contributed by atoms with van der Waals surface area (Å²) in [6, 6.07) is 17.3. The van der Waals surface area contributed by atoms with Gasteiger partial charge in [-0.25, -0.2) is 4.79 Å². The van der Waals surface area contributed by atoms with Crippen molar-refractivity contribution >= 4 is 23.5 Å². The van der Waals surface area contributed by atoms with Crippen LogP contribution in [0.3, 0.4) is 0 Å². The van der Waals surface area contributed by atoms with Gasteiger partial charge in [-0.05, 0) is 37.1 Å². The first-order valence-corrected chi connectivity index (χ1v) is 10.4. The molecule has 2 N–H and O–H groups in total. The van der Waals surface area contributed by atoms with Crippen LogP contribution in [0.1, 0.15) is 41.9 Å². The molecular weight excluding hydrogens is 408 g/mol. The highest BCUT2D eigenvalue weighted by atomic mass is 16.4. The fourth-order valence-corrected chi connectivity index (χ4v) is 3.95. The molecule has 0 spiro atoms. The topological polar surface area (TPSA) is 105 Å². The molecule has 0 radical (unpaired) electrons. The van der Waals surface area contributed by atoms with Crippen LogP contribution in [0.5, 0.6) is 0 Å². The minimum absolute atomic E-state index is 0.197. The number of benzene rings is 2. The molecule has 2 atom stereocenters. The first kappa shape index (κ1) is 21.3. The smallest absolute Gasteiger partial charge is 0.326 e. The Hall–Kier alpha value is -3.94. The maximum atomic E-state index is 12.8. The maximum Gasteiger partial charge on any atom is 0.326 e. The summed E-state index contributed by atoms with van der Waals surface area (Å²) >= 11 is 0. The molecule has 1 saturated heterocycles. The Morgan fingerprint density at radius 1 is 1.12 bits per heavy atom. The van der Waals surface area contributed by atoms with E-state index in [1.807, 2.05) is 37.3 Å². The lowest BCUT2D eigenvalue weighted by Crippen LogP contribution is -2.38. The van der Waals surface area contributed by atoms with Gasteiger partial charge in [-0.3, -0.25) is 19.2 Å². The number of aromatic nitrogens is 2. The Morgan fingerprint density at radius 2 is 1.81 bits per heavy atom. The monoisotopic (exact) mass is 432 g/mol. The van der Waals surface area contributed by atoms with Crippen LogP contribution in [0.15, 0.2) is 60.7 Å². The number of nitrogens with one attached hydrogen (secondary N) is 1. The van der Waals surface area contributed by atoms with Gasteiger partial charge in [-0.2, -0.15) is 5.10 Å². The number of aliphatic carboxylic acids is 1. The number of carbonyl (C=O) groups excluding carboxylic acids is 2. The summed E-state index contributed by atoms with van der Waals surface area (Å²) in [5.41, 5.74) is 3.48. The quantitative estimate of drug-likeness (QED) is 0.623. The maximum absolute atomic E-state index is 12.8. The van der Waals surface area contributed by atoms with Gasteiger partial charge in [0.1, 0.15) is 11.7 Å². The summed E-state index contributed by atoms with van der Waals surface area (Å²) in [5, 5.41) is 16.8. The zero-order valence-electron chi connectivity index (χ0n) is 17.9. The number of carboxylic acid groups (broad SMARTS) is 1. The summed E-state index contributed by atoms with van der Waals surface area (Å²) in [6.45, 7) is 1.86. The summed E-state index contributed by atoms with van der Waals surface area (Å²) in [6.07, 6.45) is 0.527. The van der Waals surface area contributed by atoms with E-state index in [9.17, 15) is 19.5 Å². The lowest BCUT2D eigenvalue weighted by atomic mass is 10.1. The van der Waals surface area contributed by atoms with Crippen LogP contribution < -0.4 is 10.2 Å². The molecule has 1 fully saturated rings. The van der Waals surface area contributed by atoms with Crippen LogP contribution in [0, 0.1) is 0 Å². The second-order valence-corrected chi connectivity index (χ2v) is 7.85. The Kier molecular flexibility index (Phi) is 5.77. The van der Waals surface area contributed by atoms with Gasteiger partial charge >= 0.3 is 5.97 Å². The summed E-state index contributed by atoms with van der Waals surface area (Å²) in [5.74, 6) is -1.46. The summed E-state index contributed by atoms with van der Waals surface area (Å²) in [4.78, 5) is 37.7. The van der Waals surface area contributed by atoms with Gasteiger partial charge in [0.25, 0.3) is 5.91 Å². The number of amides is 2. The standard InChI is InChI=1S/C24H24N4O4/c1-15(16-8-10-18(11-9-16)28-20(24(31)32)12-13-22(28)29)25-23(30)21-14-19(26-27(21)2)17-6-4-3-5-7-17/h3-11,14-15,20H,12-13H2,1-2H3,(H,25,30)(H,31,32)/t15-,20+/m1/s1. The third-order valence-electron chi connectivity index (χ3n) is 5.70. The molecule has 0 aliphatic carbocycles. The number of aryl methyl sites for hydroxylation is 1. The summed E-state index contributed by atoms with van der Waals surface area (Å²) < 4.78 is 1.55. The number of carboxylic acids is 1. The minimum Gasteiger partial charge on any atom is -0.480 e. The highest BCUT2D eigenvalue weighted by Gasteiger charge is 2.37. The van der Waals surface area contributed by atoms with Crippen LogP contribution in [-0.2, 0) is 16.6 Å². The summed E-state index contributed by atoms with van der Waals surface area (Å²) in [7, 11) is 1.73. The van der Waals surface area contributed by atoms with Crippen molar-refractivity contribution in [2.24, 2.45) is 7.05 Å². The van der Waals surface area contributed by atoms with Crippen molar-refractivity contribution in [2.75, 3.05) is 4.90 Å². The van der Waals surface area contributed by atoms with Crippen molar-refractivity contribution in [1.82, 2.24) is 15.1 Å². The highest BCUT2D eigenvalue weighted by molar-refractivity contribution is 6.02. The first-order chi connectivity index (χ1) is 15.3. The zero-order valence-corrected chi connectivity index (χ0v) is 17.9. The molecule has 2 heterocycles. The van der Waals surface area contributed by atoms with Crippen LogP contribution >= 0.6 is 0 Å². The molecule has 1 aromatic heterocycles. The fourth-order valence-electron chi connectivity index (χ4n) is 3.95. The number of hydrogen-bond acceptors (Lipinski definition) is 4. The molecule has 32 heavy (non-hydrogen) atoms. The molecule has 2 amide bonds. The van der Waals surface area contributed by atoms with Crippen LogP contribution in [0.4, 0.5) is 5.69 Å². The largest absolute Gasteiger partial charge is 0.480 e. The van der Waals surface area contributed by atoms with Crippen LogP contribution in [-0.4, -0.2) is 38.7 Å². The molecule has 1 aliphatic heterocycles. The van der Waals surface area contributed by atoms with E-state index in [0.717, 1.165) is 16.8 Å². The van der Waals surface area contributed by atoms with Gasteiger partial charge < -0.3 is 10.4 Å². The highest BCUT2D eigenvalue weighted by Crippen LogP contribution is 2.28. The van der Waals surface area contributed by atoms with Crippen molar-refractivity contribution in [3.05, 3.63) is 71.9 Å². The van der Waals surface area contributed by atoms with Gasteiger partial charge in [0.15, 0.2) is 0 Å². The van der Waals surface area contributed by atoms with Crippen LogP contribution in [0.25, 0.3) is 11.3 Å². The predicted molar refractivity (Wildman–Crippen MR) is 119 cm³/mol. The van der Waals surface area contributed by atoms with Crippen LogP contribution in [0.2, 0.25) is 0 Å². The van der Waals surface area contributed by atoms with E-state index in [2.05, 4.69) is 10.4 Å². The van der Waals surface area contributed by atoms with E-state index in [0.29, 0.717) is 17.8 Å². The molecule has 0 bridgehead atoms. The van der Waals surface area contributed by atoms with E-state index >= 15 is 0 Å². The molecule has 164 valence electrons.